The summed E-state index contributed by atoms with van der Waals surface area (Å²) in [5.41, 5.74) is 1.74. The Labute approximate surface area is 68.1 Å². The van der Waals surface area contributed by atoms with Crippen LogP contribution in [0.4, 0.5) is 0 Å². The van der Waals surface area contributed by atoms with Crippen LogP contribution in [0.3, 0.4) is 0 Å². The molecule has 0 atom stereocenters. The number of carbonyl (C=O) groups is 1. The standard InChI is InChI=1S/C10H14O/c1-5-7-8(3)10(6-2)9(4)11/h5-7H,1H2,2-4H3/b8-7-,10-6+. The highest BCUT2D eigenvalue weighted by atomic mass is 16.1. The van der Waals surface area contributed by atoms with Crippen LogP contribution >= 0.6 is 0 Å². The lowest BCUT2D eigenvalue weighted by atomic mass is 10.0. The first-order valence-corrected chi connectivity index (χ1v) is 3.60. The van der Waals surface area contributed by atoms with Crippen molar-refractivity contribution in [3.05, 3.63) is 36.0 Å². The maximum absolute atomic E-state index is 10.9. The van der Waals surface area contributed by atoms with Crippen molar-refractivity contribution in [3.8, 4) is 0 Å². The second kappa shape index (κ2) is 4.67. The van der Waals surface area contributed by atoms with Crippen LogP contribution in [0.25, 0.3) is 0 Å². The molecule has 0 saturated carbocycles. The number of hydrogen-bond acceptors (Lipinski definition) is 1. The van der Waals surface area contributed by atoms with Crippen molar-refractivity contribution < 1.29 is 4.79 Å². The topological polar surface area (TPSA) is 17.1 Å². The first kappa shape index (κ1) is 9.89. The van der Waals surface area contributed by atoms with Crippen molar-refractivity contribution in [3.63, 3.8) is 0 Å². The summed E-state index contributed by atoms with van der Waals surface area (Å²) in [4.78, 5) is 10.9. The highest BCUT2D eigenvalue weighted by Gasteiger charge is 2.02. The zero-order chi connectivity index (χ0) is 8.85. The molecule has 0 radical (unpaired) electrons. The van der Waals surface area contributed by atoms with Crippen molar-refractivity contribution >= 4 is 5.78 Å². The lowest BCUT2D eigenvalue weighted by molar-refractivity contribution is -0.113. The summed E-state index contributed by atoms with van der Waals surface area (Å²) in [6.07, 6.45) is 5.33. The minimum atomic E-state index is 0.100. The Morgan fingerprint density at radius 3 is 2.18 bits per heavy atom. The molecule has 0 rings (SSSR count). The van der Waals surface area contributed by atoms with Gasteiger partial charge in [0.2, 0.25) is 0 Å². The number of carbonyl (C=O) groups excluding carboxylic acids is 1. The van der Waals surface area contributed by atoms with Crippen molar-refractivity contribution in [2.75, 3.05) is 0 Å². The van der Waals surface area contributed by atoms with Crippen molar-refractivity contribution in [2.24, 2.45) is 0 Å². The van der Waals surface area contributed by atoms with Gasteiger partial charge in [-0.2, -0.15) is 0 Å². The van der Waals surface area contributed by atoms with Gasteiger partial charge in [-0.25, -0.2) is 0 Å². The van der Waals surface area contributed by atoms with Crippen LogP contribution in [0.15, 0.2) is 36.0 Å². The Balaban J connectivity index is 4.67. The smallest absolute Gasteiger partial charge is 0.159 e. The lowest BCUT2D eigenvalue weighted by Gasteiger charge is -2.00. The molecule has 0 saturated heterocycles. The molecule has 0 aromatic rings. The molecule has 0 fully saturated rings. The van der Waals surface area contributed by atoms with Crippen LogP contribution in [-0.2, 0) is 4.79 Å². The Bertz CT molecular complexity index is 219. The predicted octanol–water partition coefficient (Wildman–Crippen LogP) is 2.65. The van der Waals surface area contributed by atoms with Crippen LogP contribution < -0.4 is 0 Å². The van der Waals surface area contributed by atoms with Gasteiger partial charge in [0.1, 0.15) is 0 Å². The summed E-state index contributed by atoms with van der Waals surface area (Å²) in [6, 6.07) is 0. The lowest BCUT2D eigenvalue weighted by Crippen LogP contribution is -1.96. The molecule has 0 aromatic heterocycles. The summed E-state index contributed by atoms with van der Waals surface area (Å²) in [6.45, 7) is 8.89. The molecule has 60 valence electrons. The Morgan fingerprint density at radius 2 is 1.91 bits per heavy atom. The van der Waals surface area contributed by atoms with Gasteiger partial charge in [0.15, 0.2) is 5.78 Å². The van der Waals surface area contributed by atoms with Gasteiger partial charge >= 0.3 is 0 Å². The Kier molecular flexibility index (Phi) is 4.20. The average Bonchev–Trinajstić information content (AvgIpc) is 1.88. The normalized spacial score (nSPS) is 13.0. The molecule has 0 amide bonds. The fraction of sp³-hybridized carbons (Fsp3) is 0.300. The Hall–Kier alpha value is -1.11. The molecule has 0 unspecified atom stereocenters. The van der Waals surface area contributed by atoms with E-state index in [1.807, 2.05) is 26.0 Å². The predicted molar refractivity (Wildman–Crippen MR) is 48.4 cm³/mol. The quantitative estimate of drug-likeness (QED) is 0.446. The molecular weight excluding hydrogens is 136 g/mol. The van der Waals surface area contributed by atoms with E-state index in [1.165, 1.54) is 0 Å². The minimum absolute atomic E-state index is 0.100. The fourth-order valence-electron chi connectivity index (χ4n) is 0.975. The third kappa shape index (κ3) is 2.99. The van der Waals surface area contributed by atoms with Crippen LogP contribution in [0.5, 0.6) is 0 Å². The zero-order valence-corrected chi connectivity index (χ0v) is 7.35. The van der Waals surface area contributed by atoms with Gasteiger partial charge in [-0.3, -0.25) is 4.79 Å². The van der Waals surface area contributed by atoms with E-state index in [2.05, 4.69) is 6.58 Å². The third-order valence-corrected chi connectivity index (χ3v) is 1.46. The molecule has 11 heavy (non-hydrogen) atoms. The average molecular weight is 150 g/mol. The second-order valence-electron chi connectivity index (χ2n) is 2.34. The minimum Gasteiger partial charge on any atom is -0.295 e. The molecule has 1 heteroatoms. The monoisotopic (exact) mass is 150 g/mol. The van der Waals surface area contributed by atoms with Gasteiger partial charge in [0.25, 0.3) is 0 Å². The number of allylic oxidation sites excluding steroid dienone is 5. The van der Waals surface area contributed by atoms with Crippen LogP contribution in [0, 0.1) is 0 Å². The highest BCUT2D eigenvalue weighted by Crippen LogP contribution is 2.09. The molecule has 0 aliphatic rings. The van der Waals surface area contributed by atoms with Gasteiger partial charge in [0, 0.05) is 5.57 Å². The number of rotatable bonds is 3. The molecule has 0 N–H and O–H groups in total. The van der Waals surface area contributed by atoms with Crippen LogP contribution in [-0.4, -0.2) is 5.78 Å². The highest BCUT2D eigenvalue weighted by molar-refractivity contribution is 5.97. The summed E-state index contributed by atoms with van der Waals surface area (Å²) >= 11 is 0. The Morgan fingerprint density at radius 1 is 1.36 bits per heavy atom. The molecule has 0 aliphatic carbocycles. The van der Waals surface area contributed by atoms with E-state index in [-0.39, 0.29) is 5.78 Å². The van der Waals surface area contributed by atoms with Crippen LogP contribution in [0.2, 0.25) is 0 Å². The molecule has 0 aliphatic heterocycles. The summed E-state index contributed by atoms with van der Waals surface area (Å²) < 4.78 is 0. The molecule has 0 aromatic carbocycles. The van der Waals surface area contributed by atoms with Crippen LogP contribution in [0.1, 0.15) is 20.8 Å². The molecule has 0 bridgehead atoms. The number of Topliss-reactive ketones (excluding diaryl/α,β-unsaturated/α-hetero) is 1. The zero-order valence-electron chi connectivity index (χ0n) is 7.35. The first-order valence-electron chi connectivity index (χ1n) is 3.60. The van der Waals surface area contributed by atoms with E-state index in [0.29, 0.717) is 0 Å². The van der Waals surface area contributed by atoms with Gasteiger partial charge in [-0.15, -0.1) is 0 Å². The van der Waals surface area contributed by atoms with Gasteiger partial charge in [0.05, 0.1) is 0 Å². The number of hydrogen-bond donors (Lipinski definition) is 0. The third-order valence-electron chi connectivity index (χ3n) is 1.46. The van der Waals surface area contributed by atoms with Crippen molar-refractivity contribution in [1.82, 2.24) is 0 Å². The second-order valence-corrected chi connectivity index (χ2v) is 2.34. The summed E-state index contributed by atoms with van der Waals surface area (Å²) in [5.74, 6) is 0.100. The molecule has 1 nitrogen and oxygen atoms in total. The van der Waals surface area contributed by atoms with Gasteiger partial charge in [-0.1, -0.05) is 24.8 Å². The first-order chi connectivity index (χ1) is 5.13. The SMILES string of the molecule is C=C/C=C(C)\C(=C/C)C(C)=O. The largest absolute Gasteiger partial charge is 0.295 e. The van der Waals surface area contributed by atoms with Gasteiger partial charge in [-0.05, 0) is 26.3 Å². The number of ketones is 1. The van der Waals surface area contributed by atoms with E-state index in [4.69, 9.17) is 0 Å². The molecule has 0 spiro atoms. The van der Waals surface area contributed by atoms with E-state index < -0.39 is 0 Å². The van der Waals surface area contributed by atoms with E-state index in [0.717, 1.165) is 11.1 Å². The summed E-state index contributed by atoms with van der Waals surface area (Å²) in [5, 5.41) is 0. The molecular formula is C10H14O. The van der Waals surface area contributed by atoms with E-state index in [9.17, 15) is 4.79 Å². The fourth-order valence-corrected chi connectivity index (χ4v) is 0.975. The molecule has 0 heterocycles. The maximum Gasteiger partial charge on any atom is 0.159 e. The van der Waals surface area contributed by atoms with E-state index in [1.54, 1.807) is 13.0 Å². The van der Waals surface area contributed by atoms with Gasteiger partial charge < -0.3 is 0 Å². The maximum atomic E-state index is 10.9. The summed E-state index contributed by atoms with van der Waals surface area (Å²) in [7, 11) is 0. The van der Waals surface area contributed by atoms with Crippen molar-refractivity contribution in [2.45, 2.75) is 20.8 Å². The van der Waals surface area contributed by atoms with E-state index >= 15 is 0 Å². The van der Waals surface area contributed by atoms with Crippen molar-refractivity contribution in [1.29, 1.82) is 0 Å².